The molecule has 3 aromatic rings. The lowest BCUT2D eigenvalue weighted by atomic mass is 10.2. The number of para-hydroxylation sites is 1. The van der Waals surface area contributed by atoms with Crippen molar-refractivity contribution < 1.29 is 9.53 Å². The number of hydrogen-bond donors (Lipinski definition) is 1. The smallest absolute Gasteiger partial charge is 0.262 e. The number of carbonyl (C=O) groups excluding carboxylic acids is 1. The van der Waals surface area contributed by atoms with Crippen molar-refractivity contribution in [2.45, 2.75) is 49.5 Å². The quantitative estimate of drug-likeness (QED) is 0.382. The SMILES string of the molecule is O=C(CSc1nc2ccccc2c(=O)n1C1CCCC1)NCC1CN(Cc2ccccc2)CCO1. The molecule has 1 aliphatic heterocycles. The van der Waals surface area contributed by atoms with Gasteiger partial charge in [0.2, 0.25) is 5.91 Å². The van der Waals surface area contributed by atoms with Gasteiger partial charge in [0.05, 0.1) is 29.4 Å². The lowest BCUT2D eigenvalue weighted by Gasteiger charge is -2.33. The topological polar surface area (TPSA) is 76.5 Å². The van der Waals surface area contributed by atoms with E-state index in [1.165, 1.54) is 17.3 Å². The molecule has 7 nitrogen and oxygen atoms in total. The van der Waals surface area contributed by atoms with E-state index in [4.69, 9.17) is 9.72 Å². The highest BCUT2D eigenvalue weighted by Gasteiger charge is 2.24. The fourth-order valence-electron chi connectivity index (χ4n) is 5.01. The van der Waals surface area contributed by atoms with Crippen LogP contribution < -0.4 is 10.9 Å². The molecule has 1 atom stereocenters. The maximum Gasteiger partial charge on any atom is 0.262 e. The predicted molar refractivity (Wildman–Crippen MR) is 139 cm³/mol. The van der Waals surface area contributed by atoms with Crippen LogP contribution in [0.15, 0.2) is 64.5 Å². The molecule has 184 valence electrons. The number of hydrogen-bond acceptors (Lipinski definition) is 6. The molecule has 2 aliphatic rings. The number of ether oxygens (including phenoxy) is 1. The Morgan fingerprint density at radius 2 is 1.86 bits per heavy atom. The first kappa shape index (κ1) is 24.0. The van der Waals surface area contributed by atoms with E-state index in [1.807, 2.05) is 34.9 Å². The van der Waals surface area contributed by atoms with E-state index in [1.54, 1.807) is 0 Å². The van der Waals surface area contributed by atoms with Crippen molar-refractivity contribution in [2.75, 3.05) is 32.0 Å². The highest BCUT2D eigenvalue weighted by Crippen LogP contribution is 2.32. The van der Waals surface area contributed by atoms with E-state index < -0.39 is 0 Å². The summed E-state index contributed by atoms with van der Waals surface area (Å²) in [7, 11) is 0. The Hall–Kier alpha value is -2.68. The Morgan fingerprint density at radius 1 is 1.09 bits per heavy atom. The van der Waals surface area contributed by atoms with Crippen LogP contribution in [0.1, 0.15) is 37.3 Å². The molecule has 1 saturated heterocycles. The summed E-state index contributed by atoms with van der Waals surface area (Å²) in [5, 5.41) is 4.30. The predicted octanol–water partition coefficient (Wildman–Crippen LogP) is 3.62. The first-order valence-corrected chi connectivity index (χ1v) is 13.4. The van der Waals surface area contributed by atoms with E-state index in [9.17, 15) is 9.59 Å². The minimum atomic E-state index is -0.0702. The Morgan fingerprint density at radius 3 is 2.69 bits per heavy atom. The van der Waals surface area contributed by atoms with Crippen molar-refractivity contribution in [3.05, 3.63) is 70.5 Å². The minimum absolute atomic E-state index is 0.000443. The molecule has 0 radical (unpaired) electrons. The third-order valence-electron chi connectivity index (χ3n) is 6.80. The first-order valence-electron chi connectivity index (χ1n) is 12.5. The van der Waals surface area contributed by atoms with Crippen LogP contribution in [0.2, 0.25) is 0 Å². The van der Waals surface area contributed by atoms with E-state index >= 15 is 0 Å². The second-order valence-corrected chi connectivity index (χ2v) is 10.3. The zero-order chi connectivity index (χ0) is 24.0. The number of fused-ring (bicyclic) bond motifs is 1. The summed E-state index contributed by atoms with van der Waals surface area (Å²) in [6.45, 7) is 3.70. The monoisotopic (exact) mass is 492 g/mol. The maximum absolute atomic E-state index is 13.3. The summed E-state index contributed by atoms with van der Waals surface area (Å²) in [6, 6.07) is 18.0. The van der Waals surface area contributed by atoms with Gasteiger partial charge in [-0.1, -0.05) is 67.1 Å². The van der Waals surface area contributed by atoms with E-state index in [0.717, 1.165) is 45.3 Å². The number of rotatable bonds is 8. The normalized spacial score (nSPS) is 19.3. The molecule has 5 rings (SSSR count). The molecule has 2 aromatic carbocycles. The van der Waals surface area contributed by atoms with Gasteiger partial charge >= 0.3 is 0 Å². The van der Waals surface area contributed by atoms with Gasteiger partial charge in [-0.3, -0.25) is 19.1 Å². The van der Waals surface area contributed by atoms with Crippen LogP contribution >= 0.6 is 11.8 Å². The molecule has 1 saturated carbocycles. The number of benzene rings is 2. The van der Waals surface area contributed by atoms with Gasteiger partial charge in [0, 0.05) is 32.2 Å². The average molecular weight is 493 g/mol. The summed E-state index contributed by atoms with van der Waals surface area (Å²) in [4.78, 5) is 33.1. The third-order valence-corrected chi connectivity index (χ3v) is 7.75. The lowest BCUT2D eigenvalue weighted by Crippen LogP contribution is -2.47. The van der Waals surface area contributed by atoms with Crippen LogP contribution in [-0.4, -0.2) is 58.5 Å². The van der Waals surface area contributed by atoms with Gasteiger partial charge in [-0.2, -0.15) is 0 Å². The molecule has 2 heterocycles. The summed E-state index contributed by atoms with van der Waals surface area (Å²) >= 11 is 1.35. The van der Waals surface area contributed by atoms with Crippen LogP contribution in [0.3, 0.4) is 0 Å². The van der Waals surface area contributed by atoms with Crippen molar-refractivity contribution >= 4 is 28.6 Å². The van der Waals surface area contributed by atoms with Crippen molar-refractivity contribution in [1.82, 2.24) is 19.8 Å². The summed E-state index contributed by atoms with van der Waals surface area (Å²) in [5.41, 5.74) is 1.97. The Kier molecular flexibility index (Phi) is 7.81. The van der Waals surface area contributed by atoms with E-state index in [-0.39, 0.29) is 29.4 Å². The van der Waals surface area contributed by atoms with Crippen molar-refractivity contribution in [1.29, 1.82) is 0 Å². The second-order valence-electron chi connectivity index (χ2n) is 9.33. The number of aromatic nitrogens is 2. The van der Waals surface area contributed by atoms with Gasteiger partial charge in [-0.15, -0.1) is 0 Å². The molecule has 1 unspecified atom stereocenters. The standard InChI is InChI=1S/C27H32N4O3S/c32-25(28-16-22-18-30(14-15-34-22)17-20-8-2-1-3-9-20)19-35-27-29-24-13-7-6-12-23(24)26(33)31(27)21-10-4-5-11-21/h1-3,6-9,12-13,21-22H,4-5,10-11,14-19H2,(H,28,32). The van der Waals surface area contributed by atoms with Gasteiger partial charge in [0.1, 0.15) is 0 Å². The Bertz CT molecular complexity index is 1210. The van der Waals surface area contributed by atoms with Crippen LogP contribution in [0.25, 0.3) is 10.9 Å². The number of amides is 1. The minimum Gasteiger partial charge on any atom is -0.374 e. The highest BCUT2D eigenvalue weighted by atomic mass is 32.2. The van der Waals surface area contributed by atoms with Crippen LogP contribution in [0, 0.1) is 0 Å². The molecule has 1 N–H and O–H groups in total. The van der Waals surface area contributed by atoms with E-state index in [0.29, 0.717) is 29.2 Å². The third kappa shape index (κ3) is 5.94. The van der Waals surface area contributed by atoms with Crippen LogP contribution in [0.5, 0.6) is 0 Å². The molecular weight excluding hydrogens is 460 g/mol. The number of nitrogens with zero attached hydrogens (tertiary/aromatic N) is 3. The number of thioether (sulfide) groups is 1. The number of morpholine rings is 1. The Balaban J connectivity index is 1.18. The van der Waals surface area contributed by atoms with Gasteiger partial charge < -0.3 is 10.1 Å². The highest BCUT2D eigenvalue weighted by molar-refractivity contribution is 7.99. The fraction of sp³-hybridized carbons (Fsp3) is 0.444. The zero-order valence-electron chi connectivity index (χ0n) is 19.9. The van der Waals surface area contributed by atoms with Gasteiger partial charge in [0.25, 0.3) is 5.56 Å². The lowest BCUT2D eigenvalue weighted by molar-refractivity contribution is -0.119. The molecule has 1 aromatic heterocycles. The van der Waals surface area contributed by atoms with E-state index in [2.05, 4.69) is 34.5 Å². The zero-order valence-corrected chi connectivity index (χ0v) is 20.7. The molecule has 1 amide bonds. The largest absolute Gasteiger partial charge is 0.374 e. The molecule has 0 bridgehead atoms. The van der Waals surface area contributed by atoms with Gasteiger partial charge in [-0.25, -0.2) is 4.98 Å². The average Bonchev–Trinajstić information content (AvgIpc) is 3.42. The fourth-order valence-corrected chi connectivity index (χ4v) is 5.91. The molecule has 35 heavy (non-hydrogen) atoms. The maximum atomic E-state index is 13.3. The van der Waals surface area contributed by atoms with Crippen LogP contribution in [-0.2, 0) is 16.1 Å². The molecule has 1 aliphatic carbocycles. The summed E-state index contributed by atoms with van der Waals surface area (Å²) in [5.74, 6) is 0.150. The number of nitrogens with one attached hydrogen (secondary N) is 1. The molecular formula is C27H32N4O3S. The summed E-state index contributed by atoms with van der Waals surface area (Å²) < 4.78 is 7.72. The van der Waals surface area contributed by atoms with Crippen molar-refractivity contribution in [3.8, 4) is 0 Å². The van der Waals surface area contributed by atoms with Gasteiger partial charge in [0.15, 0.2) is 5.16 Å². The summed E-state index contributed by atoms with van der Waals surface area (Å²) in [6.07, 6.45) is 4.18. The molecule has 2 fully saturated rings. The van der Waals surface area contributed by atoms with Gasteiger partial charge in [-0.05, 0) is 30.5 Å². The molecule has 8 heteroatoms. The number of carbonyl (C=O) groups is 1. The van der Waals surface area contributed by atoms with Crippen molar-refractivity contribution in [3.63, 3.8) is 0 Å². The first-order chi connectivity index (χ1) is 17.2. The molecule has 0 spiro atoms. The second kappa shape index (κ2) is 11.4. The van der Waals surface area contributed by atoms with Crippen LogP contribution in [0.4, 0.5) is 0 Å². The Labute approximate surface area is 209 Å². The van der Waals surface area contributed by atoms with Crippen molar-refractivity contribution in [2.24, 2.45) is 0 Å².